The van der Waals surface area contributed by atoms with E-state index in [4.69, 9.17) is 4.74 Å². The monoisotopic (exact) mass is 239 g/mol. The van der Waals surface area contributed by atoms with Crippen LogP contribution >= 0.6 is 0 Å². The molecule has 3 nitrogen and oxygen atoms in total. The van der Waals surface area contributed by atoms with E-state index >= 15 is 0 Å². The predicted octanol–water partition coefficient (Wildman–Crippen LogP) is 2.35. The Morgan fingerprint density at radius 1 is 1.56 bits per heavy atom. The lowest BCUT2D eigenvalue weighted by atomic mass is 9.99. The first-order chi connectivity index (χ1) is 7.60. The van der Waals surface area contributed by atoms with E-state index in [0.29, 0.717) is 12.5 Å². The van der Waals surface area contributed by atoms with Gasteiger partial charge in [-0.05, 0) is 19.3 Å². The summed E-state index contributed by atoms with van der Waals surface area (Å²) in [4.78, 5) is 11.8. The number of rotatable bonds is 6. The fourth-order valence-corrected chi connectivity index (χ4v) is 3.94. The molecule has 0 aliphatic heterocycles. The molecule has 1 rings (SSSR count). The summed E-state index contributed by atoms with van der Waals surface area (Å²) >= 11 is 0. The first-order valence-electron chi connectivity index (χ1n) is 6.16. The van der Waals surface area contributed by atoms with Crippen LogP contribution in [0.25, 0.3) is 0 Å². The highest BCUT2D eigenvalue weighted by Crippen LogP contribution is 2.39. The minimum absolute atomic E-state index is 0.113. The van der Waals surface area contributed by atoms with Crippen molar-refractivity contribution in [3.8, 4) is 6.07 Å². The summed E-state index contributed by atoms with van der Waals surface area (Å²) in [5, 5.41) is 9.20. The molecule has 0 aromatic rings. The maximum atomic E-state index is 11.8. The zero-order chi connectivity index (χ0) is 12.1. The number of nitrogens with zero attached hydrogens (tertiary/aromatic N) is 1. The molecule has 1 saturated carbocycles. The van der Waals surface area contributed by atoms with E-state index in [0.717, 1.165) is 6.42 Å². The number of hydrogen-bond donors (Lipinski definition) is 0. The van der Waals surface area contributed by atoms with Crippen molar-refractivity contribution >= 4 is 14.8 Å². The Labute approximate surface area is 99.4 Å². The van der Waals surface area contributed by atoms with Crippen LogP contribution in [0, 0.1) is 23.2 Å². The Balaban J connectivity index is 2.65. The third kappa shape index (κ3) is 3.64. The standard InChI is InChI=1S/C12H21NO2Si/c1-4-15-12(14)11(16(2)3)10(8-13)7-9-5-6-9/h9-11,16H,4-7H2,1-3H3. The van der Waals surface area contributed by atoms with Crippen molar-refractivity contribution in [2.45, 2.75) is 44.8 Å². The van der Waals surface area contributed by atoms with Crippen LogP contribution in [-0.2, 0) is 9.53 Å². The third-order valence-electron chi connectivity index (χ3n) is 3.16. The summed E-state index contributed by atoms with van der Waals surface area (Å²) < 4.78 is 5.09. The minimum atomic E-state index is -1.18. The molecule has 0 aromatic heterocycles. The van der Waals surface area contributed by atoms with Gasteiger partial charge >= 0.3 is 5.97 Å². The fourth-order valence-electron chi connectivity index (χ4n) is 2.13. The Bertz CT molecular complexity index is 281. The topological polar surface area (TPSA) is 50.1 Å². The van der Waals surface area contributed by atoms with E-state index in [1.807, 2.05) is 6.92 Å². The molecule has 90 valence electrons. The second kappa shape index (κ2) is 6.05. The van der Waals surface area contributed by atoms with Gasteiger partial charge in [0.2, 0.25) is 0 Å². The fraction of sp³-hybridized carbons (Fsp3) is 0.833. The number of hydrogen-bond acceptors (Lipinski definition) is 3. The zero-order valence-corrected chi connectivity index (χ0v) is 11.6. The van der Waals surface area contributed by atoms with Gasteiger partial charge in [0.1, 0.15) is 0 Å². The summed E-state index contributed by atoms with van der Waals surface area (Å²) in [6.07, 6.45) is 3.35. The second-order valence-electron chi connectivity index (χ2n) is 4.94. The molecule has 0 heterocycles. The van der Waals surface area contributed by atoms with Crippen LogP contribution in [-0.4, -0.2) is 21.4 Å². The lowest BCUT2D eigenvalue weighted by Gasteiger charge is -2.22. The summed E-state index contributed by atoms with van der Waals surface area (Å²) in [6.45, 7) is 6.48. The van der Waals surface area contributed by atoms with Gasteiger partial charge in [-0.3, -0.25) is 4.79 Å². The van der Waals surface area contributed by atoms with Gasteiger partial charge in [0.05, 0.1) is 24.1 Å². The maximum absolute atomic E-state index is 11.8. The smallest absolute Gasteiger partial charge is 0.307 e. The molecule has 0 saturated heterocycles. The van der Waals surface area contributed by atoms with Gasteiger partial charge in [0, 0.05) is 8.80 Å². The van der Waals surface area contributed by atoms with Crippen LogP contribution in [0.4, 0.5) is 0 Å². The minimum Gasteiger partial charge on any atom is -0.466 e. The molecule has 2 atom stereocenters. The van der Waals surface area contributed by atoms with Crippen molar-refractivity contribution in [3.63, 3.8) is 0 Å². The van der Waals surface area contributed by atoms with Gasteiger partial charge in [0.15, 0.2) is 0 Å². The van der Waals surface area contributed by atoms with Crippen molar-refractivity contribution < 1.29 is 9.53 Å². The van der Waals surface area contributed by atoms with E-state index < -0.39 is 8.80 Å². The average Bonchev–Trinajstić information content (AvgIpc) is 3.00. The SMILES string of the molecule is CCOC(=O)C(C(C#N)CC1CC1)[SiH](C)C. The summed E-state index contributed by atoms with van der Waals surface area (Å²) in [7, 11) is -1.18. The largest absolute Gasteiger partial charge is 0.466 e. The Morgan fingerprint density at radius 3 is 2.56 bits per heavy atom. The molecule has 0 aromatic carbocycles. The summed E-state index contributed by atoms with van der Waals surface area (Å²) in [5.41, 5.74) is -0.120. The maximum Gasteiger partial charge on any atom is 0.307 e. The first kappa shape index (κ1) is 13.2. The van der Waals surface area contributed by atoms with Crippen LogP contribution < -0.4 is 0 Å². The quantitative estimate of drug-likeness (QED) is 0.528. The van der Waals surface area contributed by atoms with Crippen molar-refractivity contribution in [1.29, 1.82) is 5.26 Å². The number of carbonyl (C=O) groups excluding carboxylic acids is 1. The van der Waals surface area contributed by atoms with E-state index in [2.05, 4.69) is 19.2 Å². The van der Waals surface area contributed by atoms with Gasteiger partial charge in [-0.15, -0.1) is 0 Å². The van der Waals surface area contributed by atoms with E-state index in [9.17, 15) is 10.1 Å². The second-order valence-corrected chi connectivity index (χ2v) is 8.14. The highest BCUT2D eigenvalue weighted by atomic mass is 28.3. The van der Waals surface area contributed by atoms with Gasteiger partial charge < -0.3 is 4.74 Å². The van der Waals surface area contributed by atoms with Crippen molar-refractivity contribution in [2.75, 3.05) is 6.61 Å². The molecule has 0 spiro atoms. The van der Waals surface area contributed by atoms with Gasteiger partial charge in [-0.1, -0.05) is 25.9 Å². The van der Waals surface area contributed by atoms with Gasteiger partial charge in [-0.2, -0.15) is 5.26 Å². The molecule has 1 aliphatic carbocycles. The number of esters is 1. The molecule has 16 heavy (non-hydrogen) atoms. The zero-order valence-electron chi connectivity index (χ0n) is 10.4. The molecule has 1 fully saturated rings. The highest BCUT2D eigenvalue weighted by molar-refractivity contribution is 6.61. The Hall–Kier alpha value is -0.823. The summed E-state index contributed by atoms with van der Waals surface area (Å²) in [5.74, 6) is 0.434. The van der Waals surface area contributed by atoms with Crippen LogP contribution in [0.5, 0.6) is 0 Å². The van der Waals surface area contributed by atoms with Crippen LogP contribution in [0.1, 0.15) is 26.2 Å². The lowest BCUT2D eigenvalue weighted by Crippen LogP contribution is -2.30. The van der Waals surface area contributed by atoms with Crippen molar-refractivity contribution in [2.24, 2.45) is 11.8 Å². The lowest BCUT2D eigenvalue weighted by molar-refractivity contribution is -0.143. The van der Waals surface area contributed by atoms with Crippen molar-refractivity contribution in [3.05, 3.63) is 0 Å². The molecular weight excluding hydrogens is 218 g/mol. The first-order valence-corrected chi connectivity index (χ1v) is 9.14. The van der Waals surface area contributed by atoms with E-state index in [-0.39, 0.29) is 17.4 Å². The third-order valence-corrected chi connectivity index (χ3v) is 5.33. The van der Waals surface area contributed by atoms with Crippen LogP contribution in [0.15, 0.2) is 0 Å². The Kier molecular flexibility index (Phi) is 5.00. The number of carbonyl (C=O) groups is 1. The summed E-state index contributed by atoms with van der Waals surface area (Å²) in [6, 6.07) is 2.33. The molecule has 0 radical (unpaired) electrons. The predicted molar refractivity (Wildman–Crippen MR) is 65.7 cm³/mol. The normalized spacial score (nSPS) is 18.9. The Morgan fingerprint density at radius 2 is 2.19 bits per heavy atom. The van der Waals surface area contributed by atoms with Crippen LogP contribution in [0.2, 0.25) is 18.6 Å². The van der Waals surface area contributed by atoms with Gasteiger partial charge in [0.25, 0.3) is 0 Å². The molecule has 0 bridgehead atoms. The molecule has 0 N–H and O–H groups in total. The van der Waals surface area contributed by atoms with Gasteiger partial charge in [-0.25, -0.2) is 0 Å². The van der Waals surface area contributed by atoms with Crippen molar-refractivity contribution in [1.82, 2.24) is 0 Å². The number of ether oxygens (including phenoxy) is 1. The molecule has 4 heteroatoms. The van der Waals surface area contributed by atoms with E-state index in [1.54, 1.807) is 0 Å². The molecular formula is C12H21NO2Si. The highest BCUT2D eigenvalue weighted by Gasteiger charge is 2.36. The number of nitriles is 1. The molecule has 1 aliphatic rings. The average molecular weight is 239 g/mol. The van der Waals surface area contributed by atoms with E-state index in [1.165, 1.54) is 12.8 Å². The molecule has 0 amide bonds. The van der Waals surface area contributed by atoms with Crippen LogP contribution in [0.3, 0.4) is 0 Å². The molecule has 2 unspecified atom stereocenters.